The van der Waals surface area contributed by atoms with Crippen LogP contribution in [0.4, 0.5) is 0 Å². The van der Waals surface area contributed by atoms with Gasteiger partial charge in [0.1, 0.15) is 5.78 Å². The van der Waals surface area contributed by atoms with Crippen LogP contribution in [0.2, 0.25) is 0 Å². The van der Waals surface area contributed by atoms with E-state index in [-0.39, 0.29) is 0 Å². The lowest BCUT2D eigenvalue weighted by Gasteiger charge is -1.96. The van der Waals surface area contributed by atoms with E-state index < -0.39 is 5.97 Å². The van der Waals surface area contributed by atoms with Gasteiger partial charge in [-0.25, -0.2) is 0 Å². The number of ketones is 1. The van der Waals surface area contributed by atoms with Gasteiger partial charge in [0, 0.05) is 12.8 Å². The largest absolute Gasteiger partial charge is 0.481 e. The number of carboxylic acid groups (broad SMARTS) is 1. The summed E-state index contributed by atoms with van der Waals surface area (Å²) in [4.78, 5) is 21.1. The summed E-state index contributed by atoms with van der Waals surface area (Å²) in [5, 5.41) is 8.50. The molecule has 0 aromatic rings. The molecule has 0 amide bonds. The summed E-state index contributed by atoms with van der Waals surface area (Å²) in [6.45, 7) is 6.08. The van der Waals surface area contributed by atoms with E-state index in [1.807, 2.05) is 0 Å². The minimum absolute atomic E-state index is 0.317. The van der Waals surface area contributed by atoms with Crippen LogP contribution in [-0.4, -0.2) is 16.9 Å². The molecule has 0 spiro atoms. The first-order valence-corrected chi connectivity index (χ1v) is 16.5. The Morgan fingerprint density at radius 1 is 0.450 bits per heavy atom. The van der Waals surface area contributed by atoms with Gasteiger partial charge in [0.2, 0.25) is 0 Å². The fraction of sp³-hybridized carbons (Fsp3) is 0.676. The summed E-state index contributed by atoms with van der Waals surface area (Å²) in [7, 11) is 0. The van der Waals surface area contributed by atoms with E-state index in [0.717, 1.165) is 83.5 Å². The Balaban J connectivity index is 0. The van der Waals surface area contributed by atoms with Gasteiger partial charge >= 0.3 is 5.97 Å². The molecular formula is C37H64O3. The normalized spacial score (nSPS) is 11.9. The second-order valence-corrected chi connectivity index (χ2v) is 10.6. The minimum Gasteiger partial charge on any atom is -0.481 e. The standard InChI is InChI=1S/C19H32O.C18H32O2/c1-3-4-5-6-7-8-9-10-11-12-13-14-15-16-17-18-19(2)20;1-2-3-4-5-6-7-8-9-10-11-12-13-14-15-16-17-18(19)20/h4-5,8-9,12-13H,3,6-7,10-11,14-18H2,1-2H3;6-7,10-11H,2-5,8-9,12-17H2,1H3,(H,19,20)/b5-4-,9-8-,13-12-;7-6-,11-10-. The van der Waals surface area contributed by atoms with E-state index in [1.165, 1.54) is 51.4 Å². The van der Waals surface area contributed by atoms with Gasteiger partial charge in [-0.3, -0.25) is 4.79 Å². The molecule has 230 valence electrons. The Labute approximate surface area is 249 Å². The van der Waals surface area contributed by atoms with E-state index in [9.17, 15) is 9.59 Å². The molecule has 3 nitrogen and oxygen atoms in total. The molecule has 0 aliphatic carbocycles. The number of aliphatic carboxylic acids is 1. The Bertz CT molecular complexity index is 682. The van der Waals surface area contributed by atoms with Crippen LogP contribution in [0.1, 0.15) is 162 Å². The average molecular weight is 557 g/mol. The summed E-state index contributed by atoms with van der Waals surface area (Å²) in [6, 6.07) is 0. The lowest BCUT2D eigenvalue weighted by atomic mass is 10.1. The topological polar surface area (TPSA) is 54.4 Å². The van der Waals surface area contributed by atoms with Crippen LogP contribution in [0.3, 0.4) is 0 Å². The molecule has 0 unspecified atom stereocenters. The lowest BCUT2D eigenvalue weighted by Crippen LogP contribution is -1.93. The van der Waals surface area contributed by atoms with Gasteiger partial charge in [-0.1, -0.05) is 107 Å². The number of rotatable bonds is 27. The molecule has 0 aromatic heterocycles. The van der Waals surface area contributed by atoms with Gasteiger partial charge in [-0.15, -0.1) is 0 Å². The van der Waals surface area contributed by atoms with Gasteiger partial charge in [0.05, 0.1) is 0 Å². The SMILES string of the molecule is CC/C=C\CC/C=C\CC/C=C\CCCCCC(C)=O.CCCCC/C=C\CC/C=C\CCCCCCC(=O)O. The molecule has 0 aliphatic heterocycles. The first kappa shape index (κ1) is 40.0. The zero-order chi connectivity index (χ0) is 29.8. The first-order valence-electron chi connectivity index (χ1n) is 16.5. The highest BCUT2D eigenvalue weighted by Gasteiger charge is 1.95. The van der Waals surface area contributed by atoms with Crippen molar-refractivity contribution in [2.24, 2.45) is 0 Å². The van der Waals surface area contributed by atoms with Gasteiger partial charge in [-0.05, 0) is 103 Å². The van der Waals surface area contributed by atoms with Crippen molar-refractivity contribution in [1.29, 1.82) is 0 Å². The number of carbonyl (C=O) groups is 2. The van der Waals surface area contributed by atoms with E-state index >= 15 is 0 Å². The van der Waals surface area contributed by atoms with Gasteiger partial charge in [0.15, 0.2) is 0 Å². The molecule has 40 heavy (non-hydrogen) atoms. The van der Waals surface area contributed by atoms with Crippen LogP contribution >= 0.6 is 0 Å². The molecule has 0 bridgehead atoms. The molecule has 0 fully saturated rings. The van der Waals surface area contributed by atoms with Crippen LogP contribution < -0.4 is 0 Å². The number of hydrogen-bond donors (Lipinski definition) is 1. The molecule has 0 aliphatic rings. The van der Waals surface area contributed by atoms with Crippen molar-refractivity contribution in [3.05, 3.63) is 60.8 Å². The Morgan fingerprint density at radius 3 is 1.20 bits per heavy atom. The zero-order valence-electron chi connectivity index (χ0n) is 26.6. The van der Waals surface area contributed by atoms with E-state index in [4.69, 9.17) is 5.11 Å². The van der Waals surface area contributed by atoms with Crippen molar-refractivity contribution in [1.82, 2.24) is 0 Å². The molecule has 1 N–H and O–H groups in total. The third-order valence-corrected chi connectivity index (χ3v) is 6.45. The van der Waals surface area contributed by atoms with Crippen LogP contribution in [0.25, 0.3) is 0 Å². The highest BCUT2D eigenvalue weighted by molar-refractivity contribution is 5.75. The third-order valence-electron chi connectivity index (χ3n) is 6.45. The number of carbonyl (C=O) groups excluding carboxylic acids is 1. The fourth-order valence-electron chi connectivity index (χ4n) is 4.02. The highest BCUT2D eigenvalue weighted by atomic mass is 16.4. The number of unbranched alkanes of at least 4 members (excludes halogenated alkanes) is 13. The van der Waals surface area contributed by atoms with E-state index in [0.29, 0.717) is 12.2 Å². The van der Waals surface area contributed by atoms with Crippen molar-refractivity contribution in [3.63, 3.8) is 0 Å². The molecule has 0 aromatic carbocycles. The first-order chi connectivity index (χ1) is 19.5. The average Bonchev–Trinajstić information content (AvgIpc) is 2.93. The summed E-state index contributed by atoms with van der Waals surface area (Å²) >= 11 is 0. The molecule has 0 heterocycles. The smallest absolute Gasteiger partial charge is 0.303 e. The molecule has 0 saturated heterocycles. The maximum atomic E-state index is 10.8. The number of allylic oxidation sites excluding steroid dienone is 10. The van der Waals surface area contributed by atoms with Gasteiger partial charge in [0.25, 0.3) is 0 Å². The van der Waals surface area contributed by atoms with Crippen LogP contribution in [0.15, 0.2) is 60.8 Å². The maximum Gasteiger partial charge on any atom is 0.303 e. The number of hydrogen-bond acceptors (Lipinski definition) is 2. The van der Waals surface area contributed by atoms with Crippen molar-refractivity contribution in [3.8, 4) is 0 Å². The Morgan fingerprint density at radius 2 is 0.800 bits per heavy atom. The van der Waals surface area contributed by atoms with E-state index in [1.54, 1.807) is 6.92 Å². The number of Topliss-reactive ketones (excluding diaryl/α,β-unsaturated/α-hetero) is 1. The van der Waals surface area contributed by atoms with Crippen LogP contribution in [0.5, 0.6) is 0 Å². The summed E-state index contributed by atoms with van der Waals surface area (Å²) in [6.07, 6.45) is 47.0. The molecule has 0 radical (unpaired) electrons. The fourth-order valence-corrected chi connectivity index (χ4v) is 4.02. The predicted molar refractivity (Wildman–Crippen MR) is 177 cm³/mol. The monoisotopic (exact) mass is 556 g/mol. The lowest BCUT2D eigenvalue weighted by molar-refractivity contribution is -0.137. The Kier molecular flexibility index (Phi) is 36.8. The molecule has 0 rings (SSSR count). The van der Waals surface area contributed by atoms with Crippen LogP contribution in [-0.2, 0) is 9.59 Å². The third kappa shape index (κ3) is 42.9. The zero-order valence-corrected chi connectivity index (χ0v) is 26.6. The summed E-state index contributed by atoms with van der Waals surface area (Å²) in [5.74, 6) is -0.356. The molecular weight excluding hydrogens is 492 g/mol. The predicted octanol–water partition coefficient (Wildman–Crippen LogP) is 12.0. The number of carboxylic acids is 1. The highest BCUT2D eigenvalue weighted by Crippen LogP contribution is 2.07. The maximum absolute atomic E-state index is 10.8. The van der Waals surface area contributed by atoms with Crippen molar-refractivity contribution < 1.29 is 14.7 Å². The molecule has 0 saturated carbocycles. The minimum atomic E-state index is -0.673. The van der Waals surface area contributed by atoms with Gasteiger partial charge < -0.3 is 9.90 Å². The van der Waals surface area contributed by atoms with E-state index in [2.05, 4.69) is 74.6 Å². The quantitative estimate of drug-likeness (QED) is 0.0808. The Hall–Kier alpha value is -2.16. The van der Waals surface area contributed by atoms with Gasteiger partial charge in [-0.2, -0.15) is 0 Å². The van der Waals surface area contributed by atoms with Crippen molar-refractivity contribution >= 4 is 11.8 Å². The summed E-state index contributed by atoms with van der Waals surface area (Å²) < 4.78 is 0. The van der Waals surface area contributed by atoms with Crippen LogP contribution in [0, 0.1) is 0 Å². The van der Waals surface area contributed by atoms with Crippen molar-refractivity contribution in [2.75, 3.05) is 0 Å². The second-order valence-electron chi connectivity index (χ2n) is 10.6. The van der Waals surface area contributed by atoms with Crippen molar-refractivity contribution in [2.45, 2.75) is 162 Å². The molecule has 3 heteroatoms. The second kappa shape index (κ2) is 36.8. The molecule has 0 atom stereocenters. The summed E-state index contributed by atoms with van der Waals surface area (Å²) in [5.41, 5.74) is 0.